The summed E-state index contributed by atoms with van der Waals surface area (Å²) in [5, 5.41) is 3.35. The fraction of sp³-hybridized carbons (Fsp3) is 0.364. The number of hydrogen-bond acceptors (Lipinski definition) is 3. The van der Waals surface area contributed by atoms with Gasteiger partial charge in [-0.3, -0.25) is 0 Å². The summed E-state index contributed by atoms with van der Waals surface area (Å²) >= 11 is 0. The minimum Gasteiger partial charge on any atom is -0.468 e. The summed E-state index contributed by atoms with van der Waals surface area (Å²) in [6.45, 7) is 4.83. The van der Waals surface area contributed by atoms with E-state index in [4.69, 9.17) is 4.42 Å². The number of H-pyrrole nitrogens is 1. The third kappa shape index (κ3) is 2.27. The average Bonchev–Trinajstić information content (AvgIpc) is 2.85. The van der Waals surface area contributed by atoms with Gasteiger partial charge in [0.05, 0.1) is 24.3 Å². The molecule has 0 aliphatic rings. The molecule has 2 aromatic heterocycles. The Balaban J connectivity index is 1.91. The van der Waals surface area contributed by atoms with Crippen LogP contribution in [0.25, 0.3) is 0 Å². The maximum atomic E-state index is 5.30. The van der Waals surface area contributed by atoms with Gasteiger partial charge in [-0.1, -0.05) is 0 Å². The summed E-state index contributed by atoms with van der Waals surface area (Å²) in [6.07, 6.45) is 3.40. The number of furan rings is 1. The molecule has 1 atom stereocenters. The van der Waals surface area contributed by atoms with Crippen molar-refractivity contribution in [1.82, 2.24) is 15.3 Å². The van der Waals surface area contributed by atoms with Crippen molar-refractivity contribution >= 4 is 0 Å². The van der Waals surface area contributed by atoms with Crippen molar-refractivity contribution in [2.24, 2.45) is 0 Å². The van der Waals surface area contributed by atoms with Crippen LogP contribution in [0, 0.1) is 6.92 Å². The van der Waals surface area contributed by atoms with Gasteiger partial charge in [0.2, 0.25) is 0 Å². The van der Waals surface area contributed by atoms with Gasteiger partial charge < -0.3 is 14.7 Å². The molecule has 80 valence electrons. The monoisotopic (exact) mass is 205 g/mol. The number of aromatic nitrogens is 2. The molecule has 15 heavy (non-hydrogen) atoms. The first-order chi connectivity index (χ1) is 7.27. The van der Waals surface area contributed by atoms with Crippen LogP contribution in [0.15, 0.2) is 29.1 Å². The molecular weight excluding hydrogens is 190 g/mol. The highest BCUT2D eigenvalue weighted by Gasteiger charge is 2.08. The summed E-state index contributed by atoms with van der Waals surface area (Å²) in [7, 11) is 0. The third-order valence-corrected chi connectivity index (χ3v) is 2.48. The SMILES string of the molecule is Cc1[nH]cnc1CN[C@H](C)c1ccco1. The zero-order valence-electron chi connectivity index (χ0n) is 8.95. The van der Waals surface area contributed by atoms with Gasteiger partial charge in [0.25, 0.3) is 0 Å². The Morgan fingerprint density at radius 2 is 2.47 bits per heavy atom. The second kappa shape index (κ2) is 4.31. The number of nitrogens with zero attached hydrogens (tertiary/aromatic N) is 1. The quantitative estimate of drug-likeness (QED) is 0.804. The van der Waals surface area contributed by atoms with E-state index in [9.17, 15) is 0 Å². The highest BCUT2D eigenvalue weighted by atomic mass is 16.3. The lowest BCUT2D eigenvalue weighted by atomic mass is 10.2. The standard InChI is InChI=1S/C11H15N3O/c1-8-10(14-7-13-8)6-12-9(2)11-4-3-5-15-11/h3-5,7,9,12H,6H2,1-2H3,(H,13,14)/t9-/m1/s1. The van der Waals surface area contributed by atoms with E-state index in [1.165, 1.54) is 0 Å². The number of hydrogen-bond donors (Lipinski definition) is 2. The van der Waals surface area contributed by atoms with E-state index >= 15 is 0 Å². The van der Waals surface area contributed by atoms with Gasteiger partial charge in [0.1, 0.15) is 5.76 Å². The van der Waals surface area contributed by atoms with E-state index in [1.807, 2.05) is 19.1 Å². The first-order valence-corrected chi connectivity index (χ1v) is 5.03. The summed E-state index contributed by atoms with van der Waals surface area (Å²) in [5.74, 6) is 0.947. The lowest BCUT2D eigenvalue weighted by Crippen LogP contribution is -2.18. The molecule has 0 bridgehead atoms. The van der Waals surface area contributed by atoms with Crippen LogP contribution >= 0.6 is 0 Å². The maximum absolute atomic E-state index is 5.30. The van der Waals surface area contributed by atoms with Crippen LogP contribution in [-0.4, -0.2) is 9.97 Å². The van der Waals surface area contributed by atoms with Crippen molar-refractivity contribution in [3.05, 3.63) is 41.9 Å². The predicted octanol–water partition coefficient (Wildman–Crippen LogP) is 2.16. The smallest absolute Gasteiger partial charge is 0.120 e. The first-order valence-electron chi connectivity index (χ1n) is 5.03. The minimum absolute atomic E-state index is 0.205. The van der Waals surface area contributed by atoms with Gasteiger partial charge in [-0.15, -0.1) is 0 Å². The van der Waals surface area contributed by atoms with Gasteiger partial charge >= 0.3 is 0 Å². The molecule has 0 aliphatic heterocycles. The van der Waals surface area contributed by atoms with E-state index in [-0.39, 0.29) is 6.04 Å². The topological polar surface area (TPSA) is 53.9 Å². The second-order valence-electron chi connectivity index (χ2n) is 3.59. The van der Waals surface area contributed by atoms with E-state index in [1.54, 1.807) is 12.6 Å². The number of nitrogens with one attached hydrogen (secondary N) is 2. The van der Waals surface area contributed by atoms with Crippen LogP contribution in [0.2, 0.25) is 0 Å². The molecule has 2 rings (SSSR count). The molecule has 2 heterocycles. The Morgan fingerprint density at radius 3 is 3.07 bits per heavy atom. The van der Waals surface area contributed by atoms with Crippen LogP contribution < -0.4 is 5.32 Å². The molecule has 0 aliphatic carbocycles. The molecule has 0 amide bonds. The molecule has 4 heteroatoms. The number of imidazole rings is 1. The number of rotatable bonds is 4. The molecule has 2 N–H and O–H groups in total. The zero-order chi connectivity index (χ0) is 10.7. The van der Waals surface area contributed by atoms with Gasteiger partial charge in [0, 0.05) is 12.2 Å². The largest absolute Gasteiger partial charge is 0.468 e. The Labute approximate surface area is 88.7 Å². The Hall–Kier alpha value is -1.55. The molecule has 4 nitrogen and oxygen atoms in total. The Kier molecular flexibility index (Phi) is 2.87. The lowest BCUT2D eigenvalue weighted by molar-refractivity contribution is 0.428. The van der Waals surface area contributed by atoms with Crippen molar-refractivity contribution in [3.8, 4) is 0 Å². The molecular formula is C11H15N3O. The lowest BCUT2D eigenvalue weighted by Gasteiger charge is -2.10. The van der Waals surface area contributed by atoms with Crippen molar-refractivity contribution in [2.45, 2.75) is 26.4 Å². The van der Waals surface area contributed by atoms with Crippen LogP contribution in [-0.2, 0) is 6.54 Å². The van der Waals surface area contributed by atoms with Crippen LogP contribution in [0.1, 0.15) is 30.1 Å². The number of aryl methyl sites for hydroxylation is 1. The third-order valence-electron chi connectivity index (χ3n) is 2.48. The highest BCUT2D eigenvalue weighted by Crippen LogP contribution is 2.13. The first kappa shape index (κ1) is 9.98. The summed E-state index contributed by atoms with van der Waals surface area (Å²) < 4.78 is 5.30. The van der Waals surface area contributed by atoms with E-state index in [0.717, 1.165) is 23.7 Å². The predicted molar refractivity (Wildman–Crippen MR) is 57.3 cm³/mol. The molecule has 0 radical (unpaired) electrons. The normalized spacial score (nSPS) is 12.9. The molecule has 0 unspecified atom stereocenters. The molecule has 0 aromatic carbocycles. The summed E-state index contributed by atoms with van der Waals surface area (Å²) in [6, 6.07) is 4.07. The fourth-order valence-corrected chi connectivity index (χ4v) is 1.45. The fourth-order valence-electron chi connectivity index (χ4n) is 1.45. The van der Waals surface area contributed by atoms with Gasteiger partial charge in [-0.25, -0.2) is 4.98 Å². The zero-order valence-corrected chi connectivity index (χ0v) is 8.95. The Bertz CT molecular complexity index is 405. The summed E-state index contributed by atoms with van der Waals surface area (Å²) in [4.78, 5) is 7.27. The molecule has 0 saturated carbocycles. The van der Waals surface area contributed by atoms with Crippen molar-refractivity contribution < 1.29 is 4.42 Å². The van der Waals surface area contributed by atoms with Crippen molar-refractivity contribution in [2.75, 3.05) is 0 Å². The second-order valence-corrected chi connectivity index (χ2v) is 3.59. The van der Waals surface area contributed by atoms with Gasteiger partial charge in [0.15, 0.2) is 0 Å². The minimum atomic E-state index is 0.205. The highest BCUT2D eigenvalue weighted by molar-refractivity contribution is 5.09. The van der Waals surface area contributed by atoms with Gasteiger partial charge in [-0.2, -0.15) is 0 Å². The Morgan fingerprint density at radius 1 is 1.60 bits per heavy atom. The van der Waals surface area contributed by atoms with Crippen LogP contribution in [0.5, 0.6) is 0 Å². The summed E-state index contributed by atoms with van der Waals surface area (Å²) in [5.41, 5.74) is 2.16. The van der Waals surface area contributed by atoms with Crippen molar-refractivity contribution in [1.29, 1.82) is 0 Å². The molecule has 0 saturated heterocycles. The van der Waals surface area contributed by atoms with Gasteiger partial charge in [-0.05, 0) is 26.0 Å². The van der Waals surface area contributed by atoms with E-state index in [0.29, 0.717) is 0 Å². The van der Waals surface area contributed by atoms with Crippen molar-refractivity contribution in [3.63, 3.8) is 0 Å². The van der Waals surface area contributed by atoms with E-state index in [2.05, 4.69) is 22.2 Å². The van der Waals surface area contributed by atoms with Crippen LogP contribution in [0.4, 0.5) is 0 Å². The molecule has 2 aromatic rings. The van der Waals surface area contributed by atoms with Crippen LogP contribution in [0.3, 0.4) is 0 Å². The number of aromatic amines is 1. The average molecular weight is 205 g/mol. The van der Waals surface area contributed by atoms with E-state index < -0.39 is 0 Å². The molecule has 0 fully saturated rings. The maximum Gasteiger partial charge on any atom is 0.120 e. The molecule has 0 spiro atoms.